The smallest absolute Gasteiger partial charge is 0.187 e. The second-order valence-electron chi connectivity index (χ2n) is 4.54. The molecule has 0 atom stereocenters. The van der Waals surface area contributed by atoms with E-state index in [1.54, 1.807) is 17.8 Å². The van der Waals surface area contributed by atoms with Crippen molar-refractivity contribution in [3.8, 4) is 0 Å². The Morgan fingerprint density at radius 3 is 3.00 bits per heavy atom. The fraction of sp³-hybridized carbons (Fsp3) is 0.385. The summed E-state index contributed by atoms with van der Waals surface area (Å²) < 4.78 is 13.3. The van der Waals surface area contributed by atoms with Crippen LogP contribution in [0, 0.1) is 5.82 Å². The number of hydrogen-bond donors (Lipinski definition) is 2. The van der Waals surface area contributed by atoms with Gasteiger partial charge in [0.05, 0.1) is 5.71 Å². The Hall–Kier alpha value is -1.14. The summed E-state index contributed by atoms with van der Waals surface area (Å²) in [4.78, 5) is 1.07. The Morgan fingerprint density at radius 1 is 1.47 bits per heavy atom. The van der Waals surface area contributed by atoms with Gasteiger partial charge in [-0.05, 0) is 44.3 Å². The van der Waals surface area contributed by atoms with Crippen molar-refractivity contribution in [2.24, 2.45) is 5.10 Å². The Labute approximate surface area is 122 Å². The predicted molar refractivity (Wildman–Crippen MR) is 82.3 cm³/mol. The highest BCUT2D eigenvalue weighted by molar-refractivity contribution is 7.99. The first-order chi connectivity index (χ1) is 9.06. The zero-order valence-corrected chi connectivity index (χ0v) is 12.5. The van der Waals surface area contributed by atoms with E-state index in [1.807, 2.05) is 13.8 Å². The van der Waals surface area contributed by atoms with Crippen LogP contribution in [0.25, 0.3) is 0 Å². The van der Waals surface area contributed by atoms with Crippen LogP contribution >= 0.6 is 24.0 Å². The van der Waals surface area contributed by atoms with Crippen LogP contribution in [0.4, 0.5) is 4.39 Å². The first-order valence-corrected chi connectivity index (χ1v) is 7.51. The van der Waals surface area contributed by atoms with Crippen LogP contribution in [0.3, 0.4) is 0 Å². The topological polar surface area (TPSA) is 36.4 Å². The summed E-state index contributed by atoms with van der Waals surface area (Å²) in [6.07, 6.45) is 0.804. The van der Waals surface area contributed by atoms with Gasteiger partial charge in [0.1, 0.15) is 5.82 Å². The Balaban J connectivity index is 2.14. The van der Waals surface area contributed by atoms with Gasteiger partial charge in [-0.1, -0.05) is 0 Å². The molecule has 1 aromatic carbocycles. The molecule has 1 heterocycles. The van der Waals surface area contributed by atoms with Gasteiger partial charge in [0, 0.05) is 28.7 Å². The summed E-state index contributed by atoms with van der Waals surface area (Å²) >= 11 is 6.84. The quantitative estimate of drug-likeness (QED) is 0.650. The van der Waals surface area contributed by atoms with Crippen LogP contribution < -0.4 is 10.7 Å². The van der Waals surface area contributed by atoms with Crippen molar-refractivity contribution >= 4 is 34.8 Å². The zero-order chi connectivity index (χ0) is 13.8. The van der Waals surface area contributed by atoms with Crippen LogP contribution in [0.1, 0.15) is 25.8 Å². The van der Waals surface area contributed by atoms with Crippen LogP contribution in [-0.4, -0.2) is 22.6 Å². The van der Waals surface area contributed by atoms with Crippen molar-refractivity contribution < 1.29 is 4.39 Å². The van der Waals surface area contributed by atoms with Crippen molar-refractivity contribution in [3.05, 3.63) is 29.6 Å². The number of halogens is 1. The Kier molecular flexibility index (Phi) is 4.76. The number of thioether (sulfide) groups is 1. The second kappa shape index (κ2) is 6.34. The molecule has 6 heteroatoms. The van der Waals surface area contributed by atoms with E-state index in [9.17, 15) is 4.39 Å². The highest BCUT2D eigenvalue weighted by atomic mass is 32.2. The molecule has 1 aliphatic rings. The van der Waals surface area contributed by atoms with E-state index in [4.69, 9.17) is 12.2 Å². The fourth-order valence-corrected chi connectivity index (χ4v) is 3.07. The first-order valence-electron chi connectivity index (χ1n) is 6.12. The molecular weight excluding hydrogens is 281 g/mol. The predicted octanol–water partition coefficient (Wildman–Crippen LogP) is 2.90. The average molecular weight is 297 g/mol. The summed E-state index contributed by atoms with van der Waals surface area (Å²) in [5, 5.41) is 7.84. The van der Waals surface area contributed by atoms with Gasteiger partial charge >= 0.3 is 0 Å². The van der Waals surface area contributed by atoms with Gasteiger partial charge in [-0.2, -0.15) is 5.10 Å². The molecule has 0 unspecified atom stereocenters. The lowest BCUT2D eigenvalue weighted by molar-refractivity contribution is 0.626. The maximum Gasteiger partial charge on any atom is 0.187 e. The van der Waals surface area contributed by atoms with Gasteiger partial charge in [0.25, 0.3) is 0 Å². The van der Waals surface area contributed by atoms with E-state index in [0.717, 1.165) is 28.3 Å². The lowest BCUT2D eigenvalue weighted by Gasteiger charge is -2.18. The second-order valence-corrected chi connectivity index (χ2v) is 6.08. The van der Waals surface area contributed by atoms with Crippen LogP contribution in [-0.2, 0) is 0 Å². The molecule has 19 heavy (non-hydrogen) atoms. The van der Waals surface area contributed by atoms with E-state index in [0.29, 0.717) is 5.11 Å². The monoisotopic (exact) mass is 297 g/mol. The maximum absolute atomic E-state index is 13.3. The third-order valence-corrected chi connectivity index (χ3v) is 3.85. The highest BCUT2D eigenvalue weighted by Crippen LogP contribution is 2.30. The fourth-order valence-electron chi connectivity index (χ4n) is 1.77. The van der Waals surface area contributed by atoms with E-state index in [-0.39, 0.29) is 11.9 Å². The SMILES string of the molecule is CC(C)NC(=S)N/N=C1/CCSc2ccc(F)cc21. The zero-order valence-electron chi connectivity index (χ0n) is 10.9. The van der Waals surface area contributed by atoms with Crippen molar-refractivity contribution in [1.82, 2.24) is 10.7 Å². The Morgan fingerprint density at radius 2 is 2.26 bits per heavy atom. The molecule has 102 valence electrons. The molecule has 2 N–H and O–H groups in total. The minimum atomic E-state index is -0.239. The lowest BCUT2D eigenvalue weighted by atomic mass is 10.1. The van der Waals surface area contributed by atoms with Gasteiger partial charge in [0.2, 0.25) is 0 Å². The van der Waals surface area contributed by atoms with Crippen molar-refractivity contribution in [1.29, 1.82) is 0 Å². The minimum absolute atomic E-state index is 0.239. The largest absolute Gasteiger partial charge is 0.359 e. The molecule has 0 saturated heterocycles. The van der Waals surface area contributed by atoms with Crippen molar-refractivity contribution in [2.75, 3.05) is 5.75 Å². The summed E-state index contributed by atoms with van der Waals surface area (Å²) in [6, 6.07) is 5.06. The number of hydrazone groups is 1. The third-order valence-electron chi connectivity index (χ3n) is 2.56. The molecule has 1 aliphatic heterocycles. The standard InChI is InChI=1S/C13H16FN3S2/c1-8(2)15-13(18)17-16-11-5-6-19-12-4-3-9(14)7-10(11)12/h3-4,7-8H,5-6H2,1-2H3,(H2,15,17,18)/b16-11-. The number of hydrogen-bond acceptors (Lipinski definition) is 3. The molecule has 3 nitrogen and oxygen atoms in total. The molecule has 0 radical (unpaired) electrons. The number of benzene rings is 1. The van der Waals surface area contributed by atoms with E-state index < -0.39 is 0 Å². The average Bonchev–Trinajstić information content (AvgIpc) is 2.35. The molecular formula is C13H16FN3S2. The van der Waals surface area contributed by atoms with E-state index in [2.05, 4.69) is 15.8 Å². The highest BCUT2D eigenvalue weighted by Gasteiger charge is 2.17. The summed E-state index contributed by atoms with van der Waals surface area (Å²) in [6.45, 7) is 4.01. The van der Waals surface area contributed by atoms with Gasteiger partial charge in [-0.25, -0.2) is 4.39 Å². The molecule has 2 rings (SSSR count). The van der Waals surface area contributed by atoms with Crippen LogP contribution in [0.5, 0.6) is 0 Å². The van der Waals surface area contributed by atoms with E-state index >= 15 is 0 Å². The molecule has 0 amide bonds. The number of fused-ring (bicyclic) bond motifs is 1. The van der Waals surface area contributed by atoms with Crippen LogP contribution in [0.2, 0.25) is 0 Å². The number of nitrogens with zero attached hydrogens (tertiary/aromatic N) is 1. The summed E-state index contributed by atoms with van der Waals surface area (Å²) in [7, 11) is 0. The van der Waals surface area contributed by atoms with Gasteiger partial charge in [-0.15, -0.1) is 11.8 Å². The molecule has 0 aliphatic carbocycles. The molecule has 0 fully saturated rings. The summed E-state index contributed by atoms with van der Waals surface area (Å²) in [5.41, 5.74) is 4.53. The van der Waals surface area contributed by atoms with Crippen LogP contribution in [0.15, 0.2) is 28.2 Å². The molecule has 0 aromatic heterocycles. The molecule has 0 spiro atoms. The summed E-state index contributed by atoms with van der Waals surface area (Å²) in [5.74, 6) is 0.709. The van der Waals surface area contributed by atoms with Crippen molar-refractivity contribution in [2.45, 2.75) is 31.2 Å². The molecule has 0 bridgehead atoms. The van der Waals surface area contributed by atoms with Gasteiger partial charge in [-0.3, -0.25) is 5.43 Å². The number of rotatable bonds is 2. The molecule has 1 aromatic rings. The molecule has 0 saturated carbocycles. The maximum atomic E-state index is 13.3. The number of nitrogens with one attached hydrogen (secondary N) is 2. The lowest BCUT2D eigenvalue weighted by Crippen LogP contribution is -2.37. The third kappa shape index (κ3) is 3.91. The number of thiocarbonyl (C=S) groups is 1. The first kappa shape index (κ1) is 14.3. The van der Waals surface area contributed by atoms with Crippen molar-refractivity contribution in [3.63, 3.8) is 0 Å². The van der Waals surface area contributed by atoms with Gasteiger partial charge < -0.3 is 5.32 Å². The van der Waals surface area contributed by atoms with E-state index in [1.165, 1.54) is 12.1 Å². The Bertz CT molecular complexity index is 515. The van der Waals surface area contributed by atoms with Gasteiger partial charge in [0.15, 0.2) is 5.11 Å². The normalized spacial score (nSPS) is 16.3. The minimum Gasteiger partial charge on any atom is -0.359 e.